The van der Waals surface area contributed by atoms with Crippen molar-refractivity contribution in [2.24, 2.45) is 0 Å². The highest BCUT2D eigenvalue weighted by atomic mass is 16.2. The summed E-state index contributed by atoms with van der Waals surface area (Å²) in [4.78, 5) is 13.6. The Hall–Kier alpha value is -1.35. The third kappa shape index (κ3) is 2.07. The molecule has 0 bridgehead atoms. The van der Waals surface area contributed by atoms with E-state index in [1.807, 2.05) is 14.1 Å². The van der Waals surface area contributed by atoms with E-state index in [9.17, 15) is 4.79 Å². The zero-order valence-corrected chi connectivity index (χ0v) is 10.9. The van der Waals surface area contributed by atoms with E-state index in [4.69, 9.17) is 0 Å². The highest BCUT2D eigenvalue weighted by Crippen LogP contribution is 2.35. The van der Waals surface area contributed by atoms with Gasteiger partial charge in [0, 0.05) is 25.2 Å². The van der Waals surface area contributed by atoms with Crippen LogP contribution >= 0.6 is 0 Å². The molecular weight excluding hydrogens is 212 g/mol. The van der Waals surface area contributed by atoms with Gasteiger partial charge < -0.3 is 10.2 Å². The lowest BCUT2D eigenvalue weighted by atomic mass is 9.91. The largest absolute Gasteiger partial charge is 0.315 e. The standard InChI is InChI=1S/C14H20N2O/c1-9(2)10-5-6-13-11(7-10)12(15-3)8-14(17)16(13)4/h5-7,9,12,15H,8H2,1-4H3. The lowest BCUT2D eigenvalue weighted by Gasteiger charge is -2.32. The van der Waals surface area contributed by atoms with Crippen LogP contribution in [0.15, 0.2) is 18.2 Å². The maximum atomic E-state index is 11.8. The molecule has 0 saturated heterocycles. The number of rotatable bonds is 2. The van der Waals surface area contributed by atoms with Crippen molar-refractivity contribution < 1.29 is 4.79 Å². The summed E-state index contributed by atoms with van der Waals surface area (Å²) in [5.41, 5.74) is 3.59. The molecule has 1 amide bonds. The molecule has 0 fully saturated rings. The molecule has 0 spiro atoms. The predicted molar refractivity (Wildman–Crippen MR) is 70.4 cm³/mol. The number of nitrogens with zero attached hydrogens (tertiary/aromatic N) is 1. The van der Waals surface area contributed by atoms with E-state index < -0.39 is 0 Å². The number of fused-ring (bicyclic) bond motifs is 1. The van der Waals surface area contributed by atoms with E-state index in [1.54, 1.807) is 4.90 Å². The third-order valence-electron chi connectivity index (χ3n) is 3.56. The summed E-state index contributed by atoms with van der Waals surface area (Å²) in [6, 6.07) is 6.55. The van der Waals surface area contributed by atoms with Crippen molar-refractivity contribution in [3.8, 4) is 0 Å². The maximum absolute atomic E-state index is 11.8. The molecule has 1 N–H and O–H groups in total. The molecule has 0 aromatic heterocycles. The van der Waals surface area contributed by atoms with Gasteiger partial charge in [-0.25, -0.2) is 0 Å². The average Bonchev–Trinajstić information content (AvgIpc) is 2.33. The van der Waals surface area contributed by atoms with Gasteiger partial charge in [0.25, 0.3) is 0 Å². The molecule has 0 saturated carbocycles. The molecule has 3 heteroatoms. The van der Waals surface area contributed by atoms with Crippen molar-refractivity contribution >= 4 is 11.6 Å². The second-order valence-electron chi connectivity index (χ2n) is 4.97. The van der Waals surface area contributed by atoms with E-state index in [-0.39, 0.29) is 11.9 Å². The summed E-state index contributed by atoms with van der Waals surface area (Å²) in [6.07, 6.45) is 0.543. The van der Waals surface area contributed by atoms with Gasteiger partial charge in [0.05, 0.1) is 0 Å². The summed E-state index contributed by atoms with van der Waals surface area (Å²) in [5.74, 6) is 0.690. The minimum Gasteiger partial charge on any atom is -0.315 e. The summed E-state index contributed by atoms with van der Waals surface area (Å²) >= 11 is 0. The fourth-order valence-corrected chi connectivity index (χ4v) is 2.33. The van der Waals surface area contributed by atoms with Crippen molar-refractivity contribution in [1.82, 2.24) is 5.32 Å². The smallest absolute Gasteiger partial charge is 0.228 e. The second kappa shape index (κ2) is 4.49. The summed E-state index contributed by atoms with van der Waals surface area (Å²) in [6.45, 7) is 4.38. The summed E-state index contributed by atoms with van der Waals surface area (Å²) < 4.78 is 0. The minimum absolute atomic E-state index is 0.146. The molecule has 92 valence electrons. The van der Waals surface area contributed by atoms with Crippen LogP contribution in [0.4, 0.5) is 5.69 Å². The van der Waals surface area contributed by atoms with E-state index in [2.05, 4.69) is 37.4 Å². The molecule has 3 nitrogen and oxygen atoms in total. The minimum atomic E-state index is 0.146. The fraction of sp³-hybridized carbons (Fsp3) is 0.500. The highest BCUT2D eigenvalue weighted by Gasteiger charge is 2.28. The van der Waals surface area contributed by atoms with Crippen molar-refractivity contribution in [3.63, 3.8) is 0 Å². The number of hydrogen-bond acceptors (Lipinski definition) is 2. The average molecular weight is 232 g/mol. The quantitative estimate of drug-likeness (QED) is 0.849. The van der Waals surface area contributed by atoms with Gasteiger partial charge in [-0.2, -0.15) is 0 Å². The first-order valence-electron chi connectivity index (χ1n) is 6.12. The maximum Gasteiger partial charge on any atom is 0.228 e. The van der Waals surface area contributed by atoms with Gasteiger partial charge in [-0.3, -0.25) is 4.79 Å². The molecule has 1 aliphatic heterocycles. The van der Waals surface area contributed by atoms with Crippen LogP contribution in [0.2, 0.25) is 0 Å². The van der Waals surface area contributed by atoms with E-state index >= 15 is 0 Å². The number of amides is 1. The van der Waals surface area contributed by atoms with Crippen LogP contribution in [0, 0.1) is 0 Å². The van der Waals surface area contributed by atoms with Crippen LogP contribution in [0.1, 0.15) is 43.4 Å². The van der Waals surface area contributed by atoms with Crippen LogP contribution < -0.4 is 10.2 Å². The number of carbonyl (C=O) groups is 1. The summed E-state index contributed by atoms with van der Waals surface area (Å²) in [5, 5.41) is 3.23. The van der Waals surface area contributed by atoms with Crippen LogP contribution in [0.5, 0.6) is 0 Å². The number of anilines is 1. The van der Waals surface area contributed by atoms with Crippen molar-refractivity contribution in [2.75, 3.05) is 19.0 Å². The summed E-state index contributed by atoms with van der Waals surface area (Å²) in [7, 11) is 3.76. The molecule has 17 heavy (non-hydrogen) atoms. The molecule has 1 aliphatic rings. The highest BCUT2D eigenvalue weighted by molar-refractivity contribution is 5.96. The van der Waals surface area contributed by atoms with Crippen LogP contribution in [-0.2, 0) is 4.79 Å². The van der Waals surface area contributed by atoms with Gasteiger partial charge in [0.2, 0.25) is 5.91 Å². The molecule has 0 radical (unpaired) electrons. The molecule has 1 heterocycles. The van der Waals surface area contributed by atoms with E-state index in [0.717, 1.165) is 5.69 Å². The number of nitrogens with one attached hydrogen (secondary N) is 1. The predicted octanol–water partition coefficient (Wildman–Crippen LogP) is 2.44. The number of carbonyl (C=O) groups excluding carboxylic acids is 1. The van der Waals surface area contributed by atoms with Crippen LogP contribution in [-0.4, -0.2) is 20.0 Å². The van der Waals surface area contributed by atoms with E-state index in [1.165, 1.54) is 11.1 Å². The Labute approximate surface area is 103 Å². The van der Waals surface area contributed by atoms with Crippen LogP contribution in [0.25, 0.3) is 0 Å². The first kappa shape index (κ1) is 12.1. The van der Waals surface area contributed by atoms with Gasteiger partial charge in [-0.1, -0.05) is 26.0 Å². The van der Waals surface area contributed by atoms with Crippen LogP contribution in [0.3, 0.4) is 0 Å². The molecular formula is C14H20N2O. The van der Waals surface area contributed by atoms with Gasteiger partial charge in [0.1, 0.15) is 0 Å². The monoisotopic (exact) mass is 232 g/mol. The van der Waals surface area contributed by atoms with Gasteiger partial charge in [0.15, 0.2) is 0 Å². The first-order chi connectivity index (χ1) is 8.04. The first-order valence-corrected chi connectivity index (χ1v) is 6.12. The zero-order valence-electron chi connectivity index (χ0n) is 10.9. The SMILES string of the molecule is CNC1CC(=O)N(C)c2ccc(C(C)C)cc21. The van der Waals surface area contributed by atoms with Gasteiger partial charge >= 0.3 is 0 Å². The molecule has 1 aromatic carbocycles. The lowest BCUT2D eigenvalue weighted by molar-refractivity contribution is -0.119. The third-order valence-corrected chi connectivity index (χ3v) is 3.56. The Kier molecular flexibility index (Phi) is 3.20. The number of hydrogen-bond donors (Lipinski definition) is 1. The van der Waals surface area contributed by atoms with Crippen molar-refractivity contribution in [3.05, 3.63) is 29.3 Å². The van der Waals surface area contributed by atoms with E-state index in [0.29, 0.717) is 12.3 Å². The second-order valence-corrected chi connectivity index (χ2v) is 4.97. The Morgan fingerprint density at radius 1 is 1.41 bits per heavy atom. The topological polar surface area (TPSA) is 32.3 Å². The number of benzene rings is 1. The normalized spacial score (nSPS) is 19.7. The molecule has 1 unspecified atom stereocenters. The molecule has 1 aromatic rings. The van der Waals surface area contributed by atoms with Gasteiger partial charge in [-0.15, -0.1) is 0 Å². The molecule has 2 rings (SSSR count). The Bertz CT molecular complexity index is 440. The molecule has 0 aliphatic carbocycles. The zero-order chi connectivity index (χ0) is 12.6. The van der Waals surface area contributed by atoms with Crippen molar-refractivity contribution in [1.29, 1.82) is 0 Å². The lowest BCUT2D eigenvalue weighted by Crippen LogP contribution is -2.36. The van der Waals surface area contributed by atoms with Gasteiger partial charge in [-0.05, 0) is 30.2 Å². The fourth-order valence-electron chi connectivity index (χ4n) is 2.33. The van der Waals surface area contributed by atoms with Crippen molar-refractivity contribution in [2.45, 2.75) is 32.2 Å². The Morgan fingerprint density at radius 2 is 2.12 bits per heavy atom. The molecule has 1 atom stereocenters. The Balaban J connectivity index is 2.50. The Morgan fingerprint density at radius 3 is 2.71 bits per heavy atom.